The number of fused-ring (bicyclic) bond motifs is 1. The van der Waals surface area contributed by atoms with E-state index in [1.54, 1.807) is 6.07 Å². The van der Waals surface area contributed by atoms with Gasteiger partial charge in [0.05, 0.1) is 17.6 Å². The van der Waals surface area contributed by atoms with Crippen LogP contribution in [0.3, 0.4) is 0 Å². The molecule has 1 fully saturated rings. The van der Waals surface area contributed by atoms with Gasteiger partial charge in [0.25, 0.3) is 0 Å². The van der Waals surface area contributed by atoms with Crippen LogP contribution in [-0.2, 0) is 11.3 Å². The summed E-state index contributed by atoms with van der Waals surface area (Å²) < 4.78 is 21.8. The zero-order valence-corrected chi connectivity index (χ0v) is 18.3. The topological polar surface area (TPSA) is 59.4 Å². The van der Waals surface area contributed by atoms with Crippen LogP contribution in [-0.4, -0.2) is 40.4 Å². The molecule has 1 amide bonds. The Labute approximate surface area is 182 Å². The van der Waals surface area contributed by atoms with Gasteiger partial charge in [-0.2, -0.15) is 0 Å². The van der Waals surface area contributed by atoms with Gasteiger partial charge in [-0.3, -0.25) is 0 Å². The summed E-state index contributed by atoms with van der Waals surface area (Å²) in [5.41, 5.74) is 1.99. The van der Waals surface area contributed by atoms with Gasteiger partial charge in [-0.25, -0.2) is 14.2 Å². The van der Waals surface area contributed by atoms with Crippen LogP contribution >= 0.6 is 0 Å². The maximum atomic E-state index is 14.3. The summed E-state index contributed by atoms with van der Waals surface area (Å²) in [6.45, 7) is 7.49. The maximum absolute atomic E-state index is 14.3. The minimum absolute atomic E-state index is 0.0653. The summed E-state index contributed by atoms with van der Waals surface area (Å²) in [5, 5.41) is 2.97. The number of nitrogens with one attached hydrogen (secondary N) is 1. The average molecular weight is 425 g/mol. The minimum atomic E-state index is -0.512. The molecule has 1 aliphatic rings. The van der Waals surface area contributed by atoms with Crippen LogP contribution in [0.15, 0.2) is 48.5 Å². The molecule has 1 saturated heterocycles. The third kappa shape index (κ3) is 4.98. The number of rotatable bonds is 4. The molecule has 0 unspecified atom stereocenters. The quantitative estimate of drug-likeness (QED) is 0.659. The molecule has 0 radical (unpaired) electrons. The lowest BCUT2D eigenvalue weighted by Crippen LogP contribution is -2.46. The second-order valence-electron chi connectivity index (χ2n) is 8.99. The smallest absolute Gasteiger partial charge is 0.407 e. The minimum Gasteiger partial charge on any atom is -0.444 e. The molecule has 4 rings (SSSR count). The summed E-state index contributed by atoms with van der Waals surface area (Å²) in [6.07, 6.45) is 1.21. The lowest BCUT2D eigenvalue weighted by molar-refractivity contribution is 0.0497. The summed E-state index contributed by atoms with van der Waals surface area (Å²) >= 11 is 0. The predicted octanol–water partition coefficient (Wildman–Crippen LogP) is 4.72. The number of halogens is 1. The number of hydrogen-bond acceptors (Lipinski definition) is 4. The highest BCUT2D eigenvalue weighted by Gasteiger charge is 2.26. The van der Waals surface area contributed by atoms with Gasteiger partial charge in [-0.05, 0) is 51.8 Å². The number of ether oxygens (including phenoxy) is 1. The van der Waals surface area contributed by atoms with Gasteiger partial charge >= 0.3 is 6.09 Å². The number of benzene rings is 2. The Kier molecular flexibility index (Phi) is 5.85. The van der Waals surface area contributed by atoms with Crippen molar-refractivity contribution in [2.75, 3.05) is 18.0 Å². The number of hydrogen-bond donors (Lipinski definition) is 1. The van der Waals surface area contributed by atoms with E-state index in [9.17, 15) is 9.18 Å². The van der Waals surface area contributed by atoms with Crippen molar-refractivity contribution >= 4 is 23.1 Å². The van der Waals surface area contributed by atoms with E-state index in [1.165, 1.54) is 6.07 Å². The molecule has 1 aromatic heterocycles. The Balaban J connectivity index is 1.51. The number of carbonyl (C=O) groups is 1. The molecule has 1 N–H and O–H groups in total. The molecular weight excluding hydrogens is 395 g/mol. The molecule has 31 heavy (non-hydrogen) atoms. The van der Waals surface area contributed by atoms with Crippen LogP contribution < -0.4 is 10.2 Å². The zero-order chi connectivity index (χ0) is 22.0. The lowest BCUT2D eigenvalue weighted by atomic mass is 10.1. The third-order valence-corrected chi connectivity index (χ3v) is 5.42. The fourth-order valence-corrected chi connectivity index (χ4v) is 3.96. The molecule has 3 aromatic rings. The highest BCUT2D eigenvalue weighted by atomic mass is 19.1. The number of para-hydroxylation sites is 2. The maximum Gasteiger partial charge on any atom is 0.407 e. The van der Waals surface area contributed by atoms with Crippen LogP contribution in [0, 0.1) is 5.82 Å². The molecule has 2 heterocycles. The van der Waals surface area contributed by atoms with E-state index in [0.717, 1.165) is 42.9 Å². The molecule has 0 spiro atoms. The van der Waals surface area contributed by atoms with Crippen molar-refractivity contribution in [2.45, 2.75) is 51.8 Å². The number of amides is 1. The fraction of sp³-hybridized carbons (Fsp3) is 0.417. The third-order valence-electron chi connectivity index (χ3n) is 5.42. The van der Waals surface area contributed by atoms with Crippen LogP contribution in [0.4, 0.5) is 15.1 Å². The van der Waals surface area contributed by atoms with Crippen molar-refractivity contribution in [3.63, 3.8) is 0 Å². The molecule has 6 nitrogen and oxygen atoms in total. The summed E-state index contributed by atoms with van der Waals surface area (Å²) in [4.78, 5) is 19.2. The van der Waals surface area contributed by atoms with Gasteiger partial charge in [0.2, 0.25) is 5.95 Å². The summed E-state index contributed by atoms with van der Waals surface area (Å²) in [7, 11) is 0. The van der Waals surface area contributed by atoms with Crippen molar-refractivity contribution in [1.82, 2.24) is 14.9 Å². The summed E-state index contributed by atoms with van der Waals surface area (Å²) in [5.74, 6) is 0.617. The van der Waals surface area contributed by atoms with Crippen molar-refractivity contribution in [3.05, 3.63) is 59.9 Å². The highest BCUT2D eigenvalue weighted by Crippen LogP contribution is 2.27. The largest absolute Gasteiger partial charge is 0.444 e. The Hall–Kier alpha value is -3.09. The fourth-order valence-electron chi connectivity index (χ4n) is 3.96. The first-order valence-electron chi connectivity index (χ1n) is 10.7. The first-order valence-corrected chi connectivity index (χ1v) is 10.7. The number of aromatic nitrogens is 2. The second kappa shape index (κ2) is 8.57. The number of piperidine rings is 1. The SMILES string of the molecule is CC(C)(C)OC(=O)NC1CCN(c2nc3ccccc3n2Cc2ccccc2F)CC1. The number of nitrogens with zero attached hydrogens (tertiary/aromatic N) is 3. The molecule has 1 aliphatic heterocycles. The molecule has 0 atom stereocenters. The first-order chi connectivity index (χ1) is 14.8. The number of anilines is 1. The van der Waals surface area contributed by atoms with Crippen molar-refractivity contribution < 1.29 is 13.9 Å². The van der Waals surface area contributed by atoms with Gasteiger partial charge in [-0.1, -0.05) is 30.3 Å². The van der Waals surface area contributed by atoms with Gasteiger partial charge in [0.1, 0.15) is 11.4 Å². The number of imidazole rings is 1. The van der Waals surface area contributed by atoms with E-state index in [2.05, 4.69) is 14.8 Å². The Morgan fingerprint density at radius 1 is 1.13 bits per heavy atom. The summed E-state index contributed by atoms with van der Waals surface area (Å²) in [6, 6.07) is 14.9. The average Bonchev–Trinajstić information content (AvgIpc) is 3.07. The molecular formula is C24H29FN4O2. The molecule has 0 saturated carbocycles. The number of carbonyl (C=O) groups excluding carboxylic acids is 1. The Morgan fingerprint density at radius 2 is 1.81 bits per heavy atom. The molecule has 0 aliphatic carbocycles. The van der Waals surface area contributed by atoms with Crippen LogP contribution in [0.25, 0.3) is 11.0 Å². The monoisotopic (exact) mass is 424 g/mol. The predicted molar refractivity (Wildman–Crippen MR) is 120 cm³/mol. The van der Waals surface area contributed by atoms with Crippen LogP contribution in [0.2, 0.25) is 0 Å². The Morgan fingerprint density at radius 3 is 2.52 bits per heavy atom. The van der Waals surface area contributed by atoms with Crippen LogP contribution in [0.5, 0.6) is 0 Å². The van der Waals surface area contributed by atoms with E-state index in [4.69, 9.17) is 9.72 Å². The van der Waals surface area contributed by atoms with Gasteiger partial charge in [0.15, 0.2) is 0 Å². The molecule has 164 valence electrons. The molecule has 0 bridgehead atoms. The second-order valence-corrected chi connectivity index (χ2v) is 8.99. The van der Waals surface area contributed by atoms with Crippen molar-refractivity contribution in [1.29, 1.82) is 0 Å². The van der Waals surface area contributed by atoms with E-state index >= 15 is 0 Å². The Bertz CT molecular complexity index is 1060. The first kappa shape index (κ1) is 21.2. The standard InChI is InChI=1S/C24H29FN4O2/c1-24(2,3)31-23(30)26-18-12-14-28(15-13-18)22-27-20-10-6-7-11-21(20)29(22)16-17-8-4-5-9-19(17)25/h4-11,18H,12-16H2,1-3H3,(H,26,30). The normalized spacial score (nSPS) is 15.3. The van der Waals surface area contributed by atoms with E-state index < -0.39 is 5.60 Å². The van der Waals surface area contributed by atoms with Crippen molar-refractivity contribution in [3.8, 4) is 0 Å². The van der Waals surface area contributed by atoms with Gasteiger partial charge in [-0.15, -0.1) is 0 Å². The van der Waals surface area contributed by atoms with E-state index in [1.807, 2.05) is 57.2 Å². The highest BCUT2D eigenvalue weighted by molar-refractivity contribution is 5.79. The van der Waals surface area contributed by atoms with Crippen molar-refractivity contribution in [2.24, 2.45) is 0 Å². The van der Waals surface area contributed by atoms with Gasteiger partial charge < -0.3 is 19.5 Å². The molecule has 7 heteroatoms. The molecule has 2 aromatic carbocycles. The van der Waals surface area contributed by atoms with E-state index in [-0.39, 0.29) is 18.0 Å². The van der Waals surface area contributed by atoms with E-state index in [0.29, 0.717) is 12.1 Å². The van der Waals surface area contributed by atoms with Crippen LogP contribution in [0.1, 0.15) is 39.2 Å². The zero-order valence-electron chi connectivity index (χ0n) is 18.3. The van der Waals surface area contributed by atoms with Gasteiger partial charge in [0, 0.05) is 24.7 Å². The number of alkyl carbamates (subject to hydrolysis) is 1. The lowest BCUT2D eigenvalue weighted by Gasteiger charge is -2.33.